The summed E-state index contributed by atoms with van der Waals surface area (Å²) in [5.74, 6) is 3.36. The maximum atomic E-state index is 10.9. The van der Waals surface area contributed by atoms with Crippen molar-refractivity contribution < 1.29 is 13.2 Å². The van der Waals surface area contributed by atoms with E-state index in [1.165, 1.54) is 14.1 Å². The van der Waals surface area contributed by atoms with E-state index in [0.29, 0.717) is 0 Å². The molecule has 0 radical (unpaired) electrons. The lowest BCUT2D eigenvalue weighted by Gasteiger charge is -2.09. The number of hydrogen-bond acceptors (Lipinski definition) is 4. The Morgan fingerprint density at radius 3 is 2.27 bits per heavy atom. The van der Waals surface area contributed by atoms with Crippen LogP contribution in [0.5, 0.6) is 0 Å². The maximum absolute atomic E-state index is 10.9. The van der Waals surface area contributed by atoms with Crippen LogP contribution in [-0.2, 0) is 14.8 Å². The summed E-state index contributed by atoms with van der Waals surface area (Å²) in [6.07, 6.45) is 0. The van der Waals surface area contributed by atoms with E-state index in [0.717, 1.165) is 4.31 Å². The van der Waals surface area contributed by atoms with Crippen molar-refractivity contribution in [3.8, 4) is 0 Å². The van der Waals surface area contributed by atoms with E-state index in [1.54, 1.807) is 5.43 Å². The van der Waals surface area contributed by atoms with E-state index >= 15 is 0 Å². The fraction of sp³-hybridized carbons (Fsp3) is 0.750. The van der Waals surface area contributed by atoms with Gasteiger partial charge in [0.05, 0.1) is 0 Å². The molecule has 7 heteroatoms. The number of nitrogens with two attached hydrogens (primary N) is 1. The lowest BCUT2D eigenvalue weighted by molar-refractivity contribution is -0.118. The molecular weight excluding hydrogens is 170 g/mol. The quantitative estimate of drug-likeness (QED) is 0.295. The molecule has 0 unspecified atom stereocenters. The van der Waals surface area contributed by atoms with Gasteiger partial charge in [0, 0.05) is 14.1 Å². The molecule has 0 aliphatic heterocycles. The van der Waals surface area contributed by atoms with Gasteiger partial charge in [0.25, 0.3) is 0 Å². The summed E-state index contributed by atoms with van der Waals surface area (Å²) in [7, 11) is -0.776. The van der Waals surface area contributed by atoms with Gasteiger partial charge in [-0.1, -0.05) is 0 Å². The minimum Gasteiger partial charge on any atom is -0.293 e. The minimum absolute atomic E-state index is 0.615. The van der Waals surface area contributed by atoms with Crippen LogP contribution in [-0.4, -0.2) is 38.5 Å². The van der Waals surface area contributed by atoms with Crippen molar-refractivity contribution >= 4 is 15.9 Å². The van der Waals surface area contributed by atoms with E-state index in [-0.39, 0.29) is 0 Å². The number of rotatable bonds is 3. The van der Waals surface area contributed by atoms with Crippen molar-refractivity contribution in [3.05, 3.63) is 0 Å². The maximum Gasteiger partial charge on any atom is 0.250 e. The molecular formula is C4H11N3O3S. The predicted molar refractivity (Wildman–Crippen MR) is 39.8 cm³/mol. The number of nitrogens with one attached hydrogen (secondary N) is 1. The molecule has 0 rings (SSSR count). The van der Waals surface area contributed by atoms with Crippen LogP contribution in [0.15, 0.2) is 0 Å². The zero-order chi connectivity index (χ0) is 9.07. The number of hydrogen-bond donors (Lipinski definition) is 2. The number of nitrogens with zero attached hydrogens (tertiary/aromatic N) is 1. The molecule has 0 heterocycles. The smallest absolute Gasteiger partial charge is 0.250 e. The number of carbonyl (C=O) groups is 1. The van der Waals surface area contributed by atoms with Gasteiger partial charge in [0.2, 0.25) is 15.9 Å². The topological polar surface area (TPSA) is 92.5 Å². The van der Waals surface area contributed by atoms with Crippen molar-refractivity contribution in [2.24, 2.45) is 5.84 Å². The van der Waals surface area contributed by atoms with Gasteiger partial charge in [0.15, 0.2) is 0 Å². The molecule has 6 nitrogen and oxygen atoms in total. The van der Waals surface area contributed by atoms with Gasteiger partial charge < -0.3 is 0 Å². The fourth-order valence-corrected chi connectivity index (χ4v) is 1.01. The largest absolute Gasteiger partial charge is 0.293 e. The second kappa shape index (κ2) is 3.65. The minimum atomic E-state index is -3.47. The van der Waals surface area contributed by atoms with Crippen molar-refractivity contribution in [3.63, 3.8) is 0 Å². The molecule has 11 heavy (non-hydrogen) atoms. The van der Waals surface area contributed by atoms with Gasteiger partial charge in [-0.3, -0.25) is 10.2 Å². The third-order valence-electron chi connectivity index (χ3n) is 1.03. The summed E-state index contributed by atoms with van der Waals surface area (Å²) in [5.41, 5.74) is 1.73. The summed E-state index contributed by atoms with van der Waals surface area (Å²) in [4.78, 5) is 10.5. The molecule has 0 fully saturated rings. The van der Waals surface area contributed by atoms with E-state index in [1.807, 2.05) is 0 Å². The molecule has 0 aliphatic carbocycles. The van der Waals surface area contributed by atoms with Gasteiger partial charge in [0.1, 0.15) is 5.75 Å². The van der Waals surface area contributed by atoms with E-state index in [9.17, 15) is 13.2 Å². The van der Waals surface area contributed by atoms with Gasteiger partial charge in [-0.05, 0) is 0 Å². The summed E-state index contributed by atoms with van der Waals surface area (Å²) in [6, 6.07) is 0. The fourth-order valence-electron chi connectivity index (χ4n) is 0.336. The first-order valence-corrected chi connectivity index (χ1v) is 4.40. The molecule has 1 amide bonds. The van der Waals surface area contributed by atoms with Crippen LogP contribution in [0.25, 0.3) is 0 Å². The highest BCUT2D eigenvalue weighted by atomic mass is 32.2. The van der Waals surface area contributed by atoms with Crippen LogP contribution < -0.4 is 11.3 Å². The molecule has 0 aromatic carbocycles. The van der Waals surface area contributed by atoms with Crippen molar-refractivity contribution in [2.45, 2.75) is 0 Å². The molecule has 3 N–H and O–H groups in total. The lowest BCUT2D eigenvalue weighted by Crippen LogP contribution is -2.39. The molecule has 0 aromatic rings. The Kier molecular flexibility index (Phi) is 3.43. The predicted octanol–water partition coefficient (Wildman–Crippen LogP) is -2.13. The highest BCUT2D eigenvalue weighted by molar-refractivity contribution is 7.89. The second-order valence-electron chi connectivity index (χ2n) is 2.11. The third kappa shape index (κ3) is 3.30. The zero-order valence-corrected chi connectivity index (χ0v) is 7.18. The highest BCUT2D eigenvalue weighted by Crippen LogP contribution is 1.92. The van der Waals surface area contributed by atoms with Crippen LogP contribution in [0.3, 0.4) is 0 Å². The lowest BCUT2D eigenvalue weighted by atomic mass is 10.8. The van der Waals surface area contributed by atoms with E-state index < -0.39 is 21.7 Å². The molecule has 0 spiro atoms. The number of sulfonamides is 1. The average Bonchev–Trinajstić information content (AvgIpc) is 1.86. The van der Waals surface area contributed by atoms with Crippen LogP contribution in [0.1, 0.15) is 0 Å². The Morgan fingerprint density at radius 1 is 1.55 bits per heavy atom. The first kappa shape index (κ1) is 10.3. The monoisotopic (exact) mass is 181 g/mol. The van der Waals surface area contributed by atoms with Crippen LogP contribution in [0.2, 0.25) is 0 Å². The van der Waals surface area contributed by atoms with Crippen molar-refractivity contribution in [1.29, 1.82) is 0 Å². The van der Waals surface area contributed by atoms with Gasteiger partial charge in [-0.2, -0.15) is 0 Å². The normalized spacial score (nSPS) is 11.6. The van der Waals surface area contributed by atoms with Crippen LogP contribution >= 0.6 is 0 Å². The highest BCUT2D eigenvalue weighted by Gasteiger charge is 2.17. The molecule has 0 saturated heterocycles. The average molecular weight is 181 g/mol. The van der Waals surface area contributed by atoms with Gasteiger partial charge in [-0.25, -0.2) is 18.6 Å². The third-order valence-corrected chi connectivity index (χ3v) is 2.77. The molecule has 66 valence electrons. The Labute approximate surface area is 65.4 Å². The van der Waals surface area contributed by atoms with E-state index in [4.69, 9.17) is 5.84 Å². The Balaban J connectivity index is 4.27. The van der Waals surface area contributed by atoms with Crippen molar-refractivity contribution in [2.75, 3.05) is 19.8 Å². The molecule has 0 aromatic heterocycles. The van der Waals surface area contributed by atoms with Crippen LogP contribution in [0, 0.1) is 0 Å². The Morgan fingerprint density at radius 2 is 2.00 bits per heavy atom. The van der Waals surface area contributed by atoms with Gasteiger partial charge >= 0.3 is 0 Å². The number of amides is 1. The van der Waals surface area contributed by atoms with E-state index in [2.05, 4.69) is 0 Å². The molecule has 0 aliphatic rings. The molecule has 0 bridgehead atoms. The molecule has 0 atom stereocenters. The second-order valence-corrected chi connectivity index (χ2v) is 4.29. The summed E-state index contributed by atoms with van der Waals surface area (Å²) >= 11 is 0. The Hall–Kier alpha value is -0.660. The Bertz CT molecular complexity index is 233. The summed E-state index contributed by atoms with van der Waals surface area (Å²) in [5, 5.41) is 0. The zero-order valence-electron chi connectivity index (χ0n) is 6.36. The summed E-state index contributed by atoms with van der Waals surface area (Å²) < 4.78 is 22.8. The van der Waals surface area contributed by atoms with Crippen molar-refractivity contribution in [1.82, 2.24) is 9.73 Å². The first-order valence-electron chi connectivity index (χ1n) is 2.80. The van der Waals surface area contributed by atoms with Gasteiger partial charge in [-0.15, -0.1) is 0 Å². The molecule has 0 saturated carbocycles. The standard InChI is InChI=1S/C4H11N3O3S/c1-7(2)11(9,10)3-4(8)6-5/h3,5H2,1-2H3,(H,6,8). The SMILES string of the molecule is CN(C)S(=O)(=O)CC(=O)NN. The van der Waals surface area contributed by atoms with Crippen LogP contribution in [0.4, 0.5) is 0 Å². The number of hydrazine groups is 1. The number of carbonyl (C=O) groups excluding carboxylic acids is 1. The summed E-state index contributed by atoms with van der Waals surface area (Å²) in [6.45, 7) is 0. The first-order chi connectivity index (χ1) is 4.90.